The van der Waals surface area contributed by atoms with Crippen molar-refractivity contribution in [3.8, 4) is 0 Å². The number of amides is 1. The molecular formula is C18H18ClN3O. The zero-order chi connectivity index (χ0) is 16.4. The van der Waals surface area contributed by atoms with Gasteiger partial charge in [-0.25, -0.2) is 4.98 Å². The molecule has 3 rings (SSSR count). The van der Waals surface area contributed by atoms with Crippen LogP contribution in [0, 0.1) is 0 Å². The summed E-state index contributed by atoms with van der Waals surface area (Å²) in [6.45, 7) is 1.95. The molecule has 1 unspecified atom stereocenters. The molecule has 0 saturated carbocycles. The van der Waals surface area contributed by atoms with Crippen molar-refractivity contribution in [2.45, 2.75) is 19.4 Å². The van der Waals surface area contributed by atoms with E-state index in [0.717, 1.165) is 22.4 Å². The molecule has 1 atom stereocenters. The Hall–Kier alpha value is -2.33. The minimum Gasteiger partial charge on any atom is -0.346 e. The third kappa shape index (κ3) is 3.37. The highest BCUT2D eigenvalue weighted by molar-refractivity contribution is 6.30. The van der Waals surface area contributed by atoms with Gasteiger partial charge in [-0.15, -0.1) is 0 Å². The summed E-state index contributed by atoms with van der Waals surface area (Å²) < 4.78 is 2.02. The molecule has 23 heavy (non-hydrogen) atoms. The molecule has 1 N–H and O–H groups in total. The Morgan fingerprint density at radius 3 is 2.61 bits per heavy atom. The Labute approximate surface area is 140 Å². The summed E-state index contributed by atoms with van der Waals surface area (Å²) in [5.41, 5.74) is 2.93. The maximum atomic E-state index is 12.2. The minimum absolute atomic E-state index is 0.0353. The van der Waals surface area contributed by atoms with E-state index in [4.69, 9.17) is 11.6 Å². The van der Waals surface area contributed by atoms with Crippen LogP contribution in [0.2, 0.25) is 5.02 Å². The monoisotopic (exact) mass is 327 g/mol. The average molecular weight is 328 g/mol. The molecule has 2 aromatic carbocycles. The molecule has 0 radical (unpaired) electrons. The second kappa shape index (κ2) is 6.42. The van der Waals surface area contributed by atoms with Gasteiger partial charge in [0.2, 0.25) is 5.91 Å². The number of para-hydroxylation sites is 2. The van der Waals surface area contributed by atoms with Crippen LogP contribution in [0.25, 0.3) is 11.0 Å². The van der Waals surface area contributed by atoms with Crippen molar-refractivity contribution in [3.05, 3.63) is 64.9 Å². The number of fused-ring (bicyclic) bond motifs is 1. The Balaban J connectivity index is 1.72. The van der Waals surface area contributed by atoms with Crippen LogP contribution in [0.1, 0.15) is 24.4 Å². The maximum Gasteiger partial charge on any atom is 0.224 e. The fourth-order valence-corrected chi connectivity index (χ4v) is 2.82. The van der Waals surface area contributed by atoms with Crippen molar-refractivity contribution >= 4 is 28.5 Å². The number of carbonyl (C=O) groups is 1. The molecule has 0 fully saturated rings. The van der Waals surface area contributed by atoms with Gasteiger partial charge in [0, 0.05) is 12.1 Å². The number of hydrogen-bond donors (Lipinski definition) is 1. The fourth-order valence-electron chi connectivity index (χ4n) is 2.70. The molecule has 1 amide bonds. The first-order chi connectivity index (χ1) is 11.0. The zero-order valence-corrected chi connectivity index (χ0v) is 13.8. The van der Waals surface area contributed by atoms with E-state index in [1.54, 1.807) is 12.1 Å². The second-order valence-corrected chi connectivity index (χ2v) is 6.05. The highest BCUT2D eigenvalue weighted by Crippen LogP contribution is 2.19. The quantitative estimate of drug-likeness (QED) is 0.795. The van der Waals surface area contributed by atoms with E-state index < -0.39 is 0 Å². The smallest absolute Gasteiger partial charge is 0.224 e. The number of nitrogens with one attached hydrogen (secondary N) is 1. The molecule has 4 nitrogen and oxygen atoms in total. The predicted molar refractivity (Wildman–Crippen MR) is 92.4 cm³/mol. The number of aromatic nitrogens is 2. The van der Waals surface area contributed by atoms with Crippen molar-refractivity contribution in [2.75, 3.05) is 0 Å². The molecule has 0 aliphatic carbocycles. The number of hydrogen-bond acceptors (Lipinski definition) is 2. The van der Waals surface area contributed by atoms with Crippen LogP contribution in [0.5, 0.6) is 0 Å². The highest BCUT2D eigenvalue weighted by atomic mass is 35.5. The van der Waals surface area contributed by atoms with E-state index in [1.165, 1.54) is 0 Å². The molecular weight excluding hydrogens is 310 g/mol. The van der Waals surface area contributed by atoms with E-state index in [2.05, 4.69) is 10.3 Å². The van der Waals surface area contributed by atoms with Gasteiger partial charge in [0.1, 0.15) is 5.82 Å². The van der Waals surface area contributed by atoms with Gasteiger partial charge in [-0.1, -0.05) is 35.9 Å². The van der Waals surface area contributed by atoms with Gasteiger partial charge in [-0.05, 0) is 36.8 Å². The van der Waals surface area contributed by atoms with Gasteiger partial charge in [-0.2, -0.15) is 0 Å². The van der Waals surface area contributed by atoms with Crippen LogP contribution < -0.4 is 5.32 Å². The lowest BCUT2D eigenvalue weighted by Crippen LogP contribution is -2.29. The largest absolute Gasteiger partial charge is 0.346 e. The maximum absolute atomic E-state index is 12.2. The van der Waals surface area contributed by atoms with E-state index >= 15 is 0 Å². The summed E-state index contributed by atoms with van der Waals surface area (Å²) in [4.78, 5) is 16.8. The summed E-state index contributed by atoms with van der Waals surface area (Å²) in [6.07, 6.45) is 0.325. The van der Waals surface area contributed by atoms with E-state index in [-0.39, 0.29) is 11.9 Å². The molecule has 0 bridgehead atoms. The third-order valence-electron chi connectivity index (χ3n) is 3.86. The number of nitrogens with zero attached hydrogens (tertiary/aromatic N) is 2. The summed E-state index contributed by atoms with van der Waals surface area (Å²) in [6, 6.07) is 15.1. The fraction of sp³-hybridized carbons (Fsp3) is 0.222. The molecule has 0 spiro atoms. The number of imidazole rings is 1. The molecule has 1 heterocycles. The number of halogens is 1. The Morgan fingerprint density at radius 1 is 1.22 bits per heavy atom. The van der Waals surface area contributed by atoms with Gasteiger partial charge in [0.05, 0.1) is 23.5 Å². The second-order valence-electron chi connectivity index (χ2n) is 5.61. The number of carbonyl (C=O) groups excluding carboxylic acids is 1. The van der Waals surface area contributed by atoms with Gasteiger partial charge >= 0.3 is 0 Å². The van der Waals surface area contributed by atoms with Crippen LogP contribution in [-0.2, 0) is 18.3 Å². The Bertz CT molecular complexity index is 839. The Kier molecular flexibility index (Phi) is 4.35. The van der Waals surface area contributed by atoms with E-state index in [0.29, 0.717) is 11.4 Å². The number of rotatable bonds is 4. The van der Waals surface area contributed by atoms with Gasteiger partial charge in [0.15, 0.2) is 0 Å². The molecule has 0 aliphatic rings. The predicted octanol–water partition coefficient (Wildman–Crippen LogP) is 3.65. The molecule has 0 aliphatic heterocycles. The van der Waals surface area contributed by atoms with Crippen molar-refractivity contribution < 1.29 is 4.79 Å². The first-order valence-corrected chi connectivity index (χ1v) is 7.87. The first-order valence-electron chi connectivity index (χ1n) is 7.50. The van der Waals surface area contributed by atoms with Crippen molar-refractivity contribution in [1.29, 1.82) is 0 Å². The van der Waals surface area contributed by atoms with Crippen LogP contribution in [0.3, 0.4) is 0 Å². The third-order valence-corrected chi connectivity index (χ3v) is 4.12. The summed E-state index contributed by atoms with van der Waals surface area (Å²) >= 11 is 5.86. The molecule has 5 heteroatoms. The van der Waals surface area contributed by atoms with Crippen molar-refractivity contribution in [3.63, 3.8) is 0 Å². The standard InChI is InChI=1S/C18H18ClN3O/c1-12(18-21-15-5-3-4-6-16(15)22(18)2)20-17(23)11-13-7-9-14(19)10-8-13/h3-10,12H,11H2,1-2H3,(H,20,23). The minimum atomic E-state index is -0.160. The van der Waals surface area contributed by atoms with Crippen molar-refractivity contribution in [2.24, 2.45) is 7.05 Å². The normalized spacial score (nSPS) is 12.3. The van der Waals surface area contributed by atoms with Gasteiger partial charge < -0.3 is 9.88 Å². The van der Waals surface area contributed by atoms with Crippen LogP contribution in [0.4, 0.5) is 0 Å². The summed E-state index contributed by atoms with van der Waals surface area (Å²) in [5.74, 6) is 0.808. The lowest BCUT2D eigenvalue weighted by Gasteiger charge is -2.14. The SMILES string of the molecule is CC(NC(=O)Cc1ccc(Cl)cc1)c1nc2ccccc2n1C. The lowest BCUT2D eigenvalue weighted by atomic mass is 10.1. The topological polar surface area (TPSA) is 46.9 Å². The number of benzene rings is 2. The summed E-state index contributed by atoms with van der Waals surface area (Å²) in [7, 11) is 1.96. The lowest BCUT2D eigenvalue weighted by molar-refractivity contribution is -0.121. The first kappa shape index (κ1) is 15.6. The Morgan fingerprint density at radius 2 is 1.91 bits per heavy atom. The molecule has 3 aromatic rings. The average Bonchev–Trinajstić information content (AvgIpc) is 2.87. The van der Waals surface area contributed by atoms with Crippen LogP contribution >= 0.6 is 11.6 Å². The van der Waals surface area contributed by atoms with Gasteiger partial charge in [-0.3, -0.25) is 4.79 Å². The van der Waals surface area contributed by atoms with Crippen LogP contribution in [-0.4, -0.2) is 15.5 Å². The van der Waals surface area contributed by atoms with Gasteiger partial charge in [0.25, 0.3) is 0 Å². The number of aryl methyl sites for hydroxylation is 1. The summed E-state index contributed by atoms with van der Waals surface area (Å²) in [5, 5.41) is 3.67. The van der Waals surface area contributed by atoms with Crippen LogP contribution in [0.15, 0.2) is 48.5 Å². The van der Waals surface area contributed by atoms with Crippen molar-refractivity contribution in [1.82, 2.24) is 14.9 Å². The molecule has 0 saturated heterocycles. The van der Waals surface area contributed by atoms with E-state index in [1.807, 2.05) is 54.9 Å². The molecule has 118 valence electrons. The zero-order valence-electron chi connectivity index (χ0n) is 13.1. The van der Waals surface area contributed by atoms with E-state index in [9.17, 15) is 4.79 Å². The molecule has 1 aromatic heterocycles. The highest BCUT2D eigenvalue weighted by Gasteiger charge is 2.16.